The molecule has 0 aromatic heterocycles. The first-order valence-corrected chi connectivity index (χ1v) is 2.79. The van der Waals surface area contributed by atoms with Gasteiger partial charge in [-0.15, -0.1) is 0 Å². The van der Waals surface area contributed by atoms with E-state index in [0.29, 0.717) is 0 Å². The lowest BCUT2D eigenvalue weighted by Gasteiger charge is -2.04. The molecule has 0 amide bonds. The molecule has 0 aromatic rings. The molecule has 4 nitrogen and oxygen atoms in total. The van der Waals surface area contributed by atoms with Crippen LogP contribution in [0.15, 0.2) is 0 Å². The van der Waals surface area contributed by atoms with Crippen molar-refractivity contribution in [2.75, 3.05) is 14.2 Å². The minimum absolute atomic E-state index is 0. The van der Waals surface area contributed by atoms with Crippen molar-refractivity contribution in [1.82, 2.24) is 0 Å². The summed E-state index contributed by atoms with van der Waals surface area (Å²) in [4.78, 5) is 21.2. The van der Waals surface area contributed by atoms with Gasteiger partial charge in [0.2, 0.25) is 0 Å². The molecule has 0 aliphatic carbocycles. The summed E-state index contributed by atoms with van der Waals surface area (Å²) in [6.45, 7) is 1.43. The molecular formula is C6H13AlO4. The fourth-order valence-corrected chi connectivity index (χ4v) is 0.450. The van der Waals surface area contributed by atoms with E-state index >= 15 is 0 Å². The number of carbonyl (C=O) groups excluding carboxylic acids is 2. The summed E-state index contributed by atoms with van der Waals surface area (Å²) in [5.41, 5.74) is 0. The van der Waals surface area contributed by atoms with Crippen LogP contribution in [0.25, 0.3) is 0 Å². The first kappa shape index (κ1) is 13.1. The second-order valence-corrected chi connectivity index (χ2v) is 1.77. The van der Waals surface area contributed by atoms with Crippen molar-refractivity contribution in [3.8, 4) is 0 Å². The topological polar surface area (TPSA) is 52.6 Å². The summed E-state index contributed by atoms with van der Waals surface area (Å²) < 4.78 is 8.59. The number of esters is 2. The van der Waals surface area contributed by atoms with Crippen molar-refractivity contribution in [3.05, 3.63) is 0 Å². The van der Waals surface area contributed by atoms with Crippen LogP contribution in [0.1, 0.15) is 6.92 Å². The smallest absolute Gasteiger partial charge is 0.319 e. The van der Waals surface area contributed by atoms with E-state index in [2.05, 4.69) is 9.47 Å². The van der Waals surface area contributed by atoms with E-state index in [1.165, 1.54) is 21.1 Å². The average molecular weight is 176 g/mol. The van der Waals surface area contributed by atoms with E-state index in [1.54, 1.807) is 0 Å². The Bertz CT molecular complexity index is 130. The van der Waals surface area contributed by atoms with Crippen molar-refractivity contribution in [1.29, 1.82) is 0 Å². The molecule has 0 fully saturated rings. The highest BCUT2D eigenvalue weighted by Gasteiger charge is 2.22. The monoisotopic (exact) mass is 176 g/mol. The first-order chi connectivity index (χ1) is 4.63. The molecule has 0 N–H and O–H groups in total. The highest BCUT2D eigenvalue weighted by molar-refractivity contribution is 5.94. The van der Waals surface area contributed by atoms with Crippen molar-refractivity contribution >= 4 is 29.3 Å². The van der Waals surface area contributed by atoms with Crippen LogP contribution in [0.2, 0.25) is 0 Å². The molecule has 11 heavy (non-hydrogen) atoms. The summed E-state index contributed by atoms with van der Waals surface area (Å²) in [6, 6.07) is 0. The zero-order chi connectivity index (χ0) is 8.15. The van der Waals surface area contributed by atoms with Gasteiger partial charge >= 0.3 is 11.9 Å². The number of hydrogen-bond donors (Lipinski definition) is 0. The lowest BCUT2D eigenvalue weighted by molar-refractivity contribution is -0.157. The van der Waals surface area contributed by atoms with Crippen molar-refractivity contribution in [2.45, 2.75) is 6.92 Å². The van der Waals surface area contributed by atoms with E-state index in [4.69, 9.17) is 0 Å². The second kappa shape index (κ2) is 6.20. The molecule has 5 heteroatoms. The van der Waals surface area contributed by atoms with Gasteiger partial charge in [0.1, 0.15) is 0 Å². The van der Waals surface area contributed by atoms with Gasteiger partial charge in [0.15, 0.2) is 23.3 Å². The summed E-state index contributed by atoms with van der Waals surface area (Å²) in [7, 11) is 2.45. The van der Waals surface area contributed by atoms with Gasteiger partial charge in [0, 0.05) is 0 Å². The maximum atomic E-state index is 10.6. The molecule has 64 valence electrons. The van der Waals surface area contributed by atoms with Crippen LogP contribution in [0.3, 0.4) is 0 Å². The van der Waals surface area contributed by atoms with Gasteiger partial charge in [0.05, 0.1) is 14.2 Å². The van der Waals surface area contributed by atoms with Crippen molar-refractivity contribution in [2.24, 2.45) is 5.92 Å². The molecule has 0 spiro atoms. The van der Waals surface area contributed by atoms with Crippen LogP contribution in [-0.4, -0.2) is 43.5 Å². The van der Waals surface area contributed by atoms with E-state index < -0.39 is 17.9 Å². The third kappa shape index (κ3) is 4.02. The Hall–Kier alpha value is -0.528. The lowest BCUT2D eigenvalue weighted by Crippen LogP contribution is -2.23. The molecule has 0 rings (SSSR count). The minimum atomic E-state index is -0.824. The predicted octanol–water partition coefficient (Wildman–Crippen LogP) is -1.22. The normalized spacial score (nSPS) is 8.36. The van der Waals surface area contributed by atoms with E-state index in [-0.39, 0.29) is 17.4 Å². The van der Waals surface area contributed by atoms with Crippen molar-refractivity contribution in [3.63, 3.8) is 0 Å². The molecule has 0 saturated heterocycles. The zero-order valence-electron chi connectivity index (χ0n) is 6.21. The fraction of sp³-hybridized carbons (Fsp3) is 0.667. The summed E-state index contributed by atoms with van der Waals surface area (Å²) in [5.74, 6) is -1.98. The van der Waals surface area contributed by atoms with Crippen LogP contribution in [-0.2, 0) is 19.1 Å². The maximum absolute atomic E-state index is 10.6. The zero-order valence-corrected chi connectivity index (χ0v) is 6.21. The Balaban J connectivity index is 0. The first-order valence-electron chi connectivity index (χ1n) is 2.79. The maximum Gasteiger partial charge on any atom is 0.319 e. The Labute approximate surface area is 76.0 Å². The SMILES string of the molecule is COC(=O)C(C)C(=O)OC.[AlH3]. The number of rotatable bonds is 2. The Morgan fingerprint density at radius 1 is 1.09 bits per heavy atom. The molecule has 0 aliphatic rings. The molecular weight excluding hydrogens is 163 g/mol. The predicted molar refractivity (Wildman–Crippen MR) is 43.1 cm³/mol. The summed E-state index contributed by atoms with van der Waals surface area (Å²) >= 11 is 0. The molecule has 0 saturated carbocycles. The highest BCUT2D eigenvalue weighted by Crippen LogP contribution is 1.98. The number of ether oxygens (including phenoxy) is 2. The lowest BCUT2D eigenvalue weighted by atomic mass is 10.2. The van der Waals surface area contributed by atoms with Crippen molar-refractivity contribution < 1.29 is 19.1 Å². The molecule has 0 aliphatic heterocycles. The summed E-state index contributed by atoms with van der Waals surface area (Å²) in [6.07, 6.45) is 0. The summed E-state index contributed by atoms with van der Waals surface area (Å²) in [5, 5.41) is 0. The Kier molecular flexibility index (Phi) is 7.38. The van der Waals surface area contributed by atoms with E-state index in [0.717, 1.165) is 0 Å². The third-order valence-corrected chi connectivity index (χ3v) is 1.11. The number of carbonyl (C=O) groups is 2. The van der Waals surface area contributed by atoms with Crippen LogP contribution < -0.4 is 0 Å². The largest absolute Gasteiger partial charge is 0.468 e. The van der Waals surface area contributed by atoms with E-state index in [1.807, 2.05) is 0 Å². The molecule has 0 atom stereocenters. The molecule has 0 aromatic carbocycles. The molecule has 0 radical (unpaired) electrons. The number of hydrogen-bond acceptors (Lipinski definition) is 4. The standard InChI is InChI=1S/C6H10O4.Al.3H/c1-4(5(7)9-2)6(8)10-3;;;;/h4H,1-3H3;;;;. The van der Waals surface area contributed by atoms with Crippen LogP contribution in [0.4, 0.5) is 0 Å². The van der Waals surface area contributed by atoms with Gasteiger partial charge < -0.3 is 9.47 Å². The van der Waals surface area contributed by atoms with Gasteiger partial charge in [-0.3, -0.25) is 9.59 Å². The Morgan fingerprint density at radius 3 is 1.55 bits per heavy atom. The van der Waals surface area contributed by atoms with Gasteiger partial charge in [-0.2, -0.15) is 0 Å². The van der Waals surface area contributed by atoms with E-state index in [9.17, 15) is 9.59 Å². The minimum Gasteiger partial charge on any atom is -0.468 e. The number of methoxy groups -OCH3 is 2. The quantitative estimate of drug-likeness (QED) is 0.301. The molecule has 0 bridgehead atoms. The third-order valence-electron chi connectivity index (χ3n) is 1.11. The van der Waals surface area contributed by atoms with Gasteiger partial charge in [0.25, 0.3) is 0 Å². The van der Waals surface area contributed by atoms with Gasteiger partial charge in [-0.05, 0) is 6.92 Å². The van der Waals surface area contributed by atoms with Crippen LogP contribution >= 0.6 is 0 Å². The van der Waals surface area contributed by atoms with Gasteiger partial charge in [-0.1, -0.05) is 0 Å². The fourth-order valence-electron chi connectivity index (χ4n) is 0.450. The Morgan fingerprint density at radius 2 is 1.36 bits per heavy atom. The average Bonchev–Trinajstić information content (AvgIpc) is 2.00. The molecule has 0 unspecified atom stereocenters. The van der Waals surface area contributed by atoms with Crippen LogP contribution in [0.5, 0.6) is 0 Å². The highest BCUT2D eigenvalue weighted by atomic mass is 27.0. The second-order valence-electron chi connectivity index (χ2n) is 1.77. The van der Waals surface area contributed by atoms with Crippen LogP contribution in [0, 0.1) is 5.92 Å². The molecule has 0 heterocycles. The van der Waals surface area contributed by atoms with Gasteiger partial charge in [-0.25, -0.2) is 0 Å².